The number of anilines is 1. The molecule has 4 rings (SSSR count). The summed E-state index contributed by atoms with van der Waals surface area (Å²) in [7, 11) is 4.04. The Hall–Kier alpha value is -3.31. The van der Waals surface area contributed by atoms with Gasteiger partial charge in [0.15, 0.2) is 0 Å². The number of rotatable bonds is 6. The van der Waals surface area contributed by atoms with Crippen LogP contribution in [0.1, 0.15) is 11.1 Å². The smallest absolute Gasteiger partial charge is 0.244 e. The minimum Gasteiger partial charge on any atom is -0.486 e. The Morgan fingerprint density at radius 3 is 2.74 bits per heavy atom. The lowest BCUT2D eigenvalue weighted by Gasteiger charge is -2.13. The molecule has 6 heteroatoms. The van der Waals surface area contributed by atoms with Crippen LogP contribution < -0.4 is 15.0 Å². The number of amides is 1. The summed E-state index contributed by atoms with van der Waals surface area (Å²) in [6, 6.07) is 16.1. The van der Waals surface area contributed by atoms with Gasteiger partial charge in [0.25, 0.3) is 0 Å². The van der Waals surface area contributed by atoms with Gasteiger partial charge in [0.05, 0.1) is 11.6 Å². The molecule has 1 N–H and O–H groups in total. The highest BCUT2D eigenvalue weighted by Crippen LogP contribution is 2.39. The van der Waals surface area contributed by atoms with Crippen LogP contribution >= 0.6 is 11.6 Å². The third-order valence-electron chi connectivity index (χ3n) is 5.19. The maximum Gasteiger partial charge on any atom is 0.244 e. The van der Waals surface area contributed by atoms with Crippen LogP contribution in [0.5, 0.6) is 5.75 Å². The molecule has 1 aliphatic heterocycles. The number of pyridine rings is 1. The molecule has 2 heterocycles. The topological polar surface area (TPSA) is 54.5 Å². The van der Waals surface area contributed by atoms with E-state index in [1.807, 2.05) is 32.3 Å². The second kappa shape index (κ2) is 9.23. The molecule has 0 saturated carbocycles. The average molecular weight is 434 g/mol. The van der Waals surface area contributed by atoms with Crippen LogP contribution in [0.3, 0.4) is 0 Å². The van der Waals surface area contributed by atoms with Gasteiger partial charge in [-0.25, -0.2) is 0 Å². The Morgan fingerprint density at radius 1 is 1.23 bits per heavy atom. The van der Waals surface area contributed by atoms with Crippen LogP contribution in [-0.4, -0.2) is 37.6 Å². The maximum atomic E-state index is 12.1. The predicted octanol–water partition coefficient (Wildman–Crippen LogP) is 4.60. The van der Waals surface area contributed by atoms with Crippen LogP contribution in [0.15, 0.2) is 67.0 Å². The van der Waals surface area contributed by atoms with E-state index in [4.69, 9.17) is 16.3 Å². The van der Waals surface area contributed by atoms with E-state index in [9.17, 15) is 4.79 Å². The summed E-state index contributed by atoms with van der Waals surface area (Å²) >= 11 is 6.51. The first-order valence-corrected chi connectivity index (χ1v) is 10.5. The van der Waals surface area contributed by atoms with Crippen molar-refractivity contribution in [3.8, 4) is 16.9 Å². The molecule has 5 nitrogen and oxygen atoms in total. The molecule has 0 aliphatic carbocycles. The van der Waals surface area contributed by atoms with E-state index >= 15 is 0 Å². The van der Waals surface area contributed by atoms with Gasteiger partial charge in [-0.3, -0.25) is 9.78 Å². The summed E-state index contributed by atoms with van der Waals surface area (Å²) in [6.45, 7) is 0.411. The number of aromatic nitrogens is 1. The number of carbonyl (C=O) groups is 1. The quantitative estimate of drug-likeness (QED) is 0.577. The van der Waals surface area contributed by atoms with Crippen LogP contribution in [0.4, 0.5) is 5.69 Å². The summed E-state index contributed by atoms with van der Waals surface area (Å²) in [5, 5.41) is 3.49. The first-order valence-electron chi connectivity index (χ1n) is 10.1. The van der Waals surface area contributed by atoms with E-state index in [0.29, 0.717) is 23.7 Å². The largest absolute Gasteiger partial charge is 0.486 e. The van der Waals surface area contributed by atoms with E-state index in [-0.39, 0.29) is 12.0 Å². The zero-order chi connectivity index (χ0) is 21.8. The molecule has 0 saturated heterocycles. The van der Waals surface area contributed by atoms with Gasteiger partial charge < -0.3 is 15.0 Å². The minimum atomic E-state index is -0.170. The van der Waals surface area contributed by atoms with Crippen molar-refractivity contribution in [3.63, 3.8) is 0 Å². The average Bonchev–Trinajstić information content (AvgIpc) is 3.21. The molecule has 1 unspecified atom stereocenters. The van der Waals surface area contributed by atoms with Crippen LogP contribution in [0, 0.1) is 0 Å². The van der Waals surface area contributed by atoms with Crippen molar-refractivity contribution in [2.75, 3.05) is 25.5 Å². The van der Waals surface area contributed by atoms with E-state index in [2.05, 4.69) is 45.5 Å². The Labute approximate surface area is 187 Å². The highest BCUT2D eigenvalue weighted by Gasteiger charge is 2.26. The van der Waals surface area contributed by atoms with Crippen molar-refractivity contribution in [2.45, 2.75) is 12.5 Å². The summed E-state index contributed by atoms with van der Waals surface area (Å²) in [4.78, 5) is 18.2. The van der Waals surface area contributed by atoms with Gasteiger partial charge in [-0.15, -0.1) is 0 Å². The fourth-order valence-corrected chi connectivity index (χ4v) is 3.82. The van der Waals surface area contributed by atoms with Crippen molar-refractivity contribution >= 4 is 29.3 Å². The van der Waals surface area contributed by atoms with Gasteiger partial charge in [-0.05, 0) is 53.1 Å². The van der Waals surface area contributed by atoms with Crippen LogP contribution in [0.2, 0.25) is 5.02 Å². The maximum absolute atomic E-state index is 12.1. The first-order chi connectivity index (χ1) is 15.0. The van der Waals surface area contributed by atoms with Crippen molar-refractivity contribution in [2.24, 2.45) is 0 Å². The second-order valence-corrected chi connectivity index (χ2v) is 8.10. The molecule has 2 aromatic carbocycles. The van der Waals surface area contributed by atoms with E-state index < -0.39 is 0 Å². The predicted molar refractivity (Wildman–Crippen MR) is 126 cm³/mol. The third kappa shape index (κ3) is 5.06. The molecule has 0 bridgehead atoms. The SMILES string of the molecule is CN(C)c1ccc(-c2cc(Cl)c3c(c2)CC(CNC(=O)/C=C/c2cccnc2)O3)cc1. The summed E-state index contributed by atoms with van der Waals surface area (Å²) in [6.07, 6.45) is 7.19. The van der Waals surface area contributed by atoms with Gasteiger partial charge in [0.2, 0.25) is 5.91 Å². The van der Waals surface area contributed by atoms with E-state index in [1.165, 1.54) is 6.08 Å². The lowest BCUT2D eigenvalue weighted by molar-refractivity contribution is -0.116. The summed E-state index contributed by atoms with van der Waals surface area (Å²) < 4.78 is 6.00. The number of hydrogen-bond acceptors (Lipinski definition) is 4. The summed E-state index contributed by atoms with van der Waals surface area (Å²) in [5.41, 5.74) is 5.24. The standard InChI is InChI=1S/C25H24ClN3O2/c1-29(2)21-8-6-18(7-9-21)19-12-20-13-22(31-25(20)23(26)14-19)16-28-24(30)10-5-17-4-3-11-27-15-17/h3-12,14-15,22H,13,16H2,1-2H3,(H,28,30)/b10-5+. The van der Waals surface area contributed by atoms with Gasteiger partial charge >= 0.3 is 0 Å². The highest BCUT2D eigenvalue weighted by molar-refractivity contribution is 6.32. The number of nitrogens with one attached hydrogen (secondary N) is 1. The molecule has 1 atom stereocenters. The van der Waals surface area contributed by atoms with Gasteiger partial charge in [-0.2, -0.15) is 0 Å². The molecule has 1 aliphatic rings. The normalized spacial score (nSPS) is 14.9. The van der Waals surface area contributed by atoms with Crippen molar-refractivity contribution in [1.29, 1.82) is 0 Å². The Kier molecular flexibility index (Phi) is 6.23. The van der Waals surface area contributed by atoms with Crippen molar-refractivity contribution in [1.82, 2.24) is 10.3 Å². The fraction of sp³-hybridized carbons (Fsp3) is 0.200. The fourth-order valence-electron chi connectivity index (χ4n) is 3.54. The summed E-state index contributed by atoms with van der Waals surface area (Å²) in [5.74, 6) is 0.539. The van der Waals surface area contributed by atoms with E-state index in [1.54, 1.807) is 18.5 Å². The zero-order valence-corrected chi connectivity index (χ0v) is 18.3. The molecule has 0 spiro atoms. The lowest BCUT2D eigenvalue weighted by Crippen LogP contribution is -2.33. The lowest BCUT2D eigenvalue weighted by atomic mass is 10.0. The minimum absolute atomic E-state index is 0.144. The molecular weight excluding hydrogens is 410 g/mol. The van der Waals surface area contributed by atoms with E-state index in [0.717, 1.165) is 27.9 Å². The van der Waals surface area contributed by atoms with Gasteiger partial charge in [0, 0.05) is 50.2 Å². The number of hydrogen-bond donors (Lipinski definition) is 1. The monoisotopic (exact) mass is 433 g/mol. The first kappa shape index (κ1) is 20.9. The molecule has 1 amide bonds. The Morgan fingerprint density at radius 2 is 2.03 bits per heavy atom. The number of ether oxygens (including phenoxy) is 1. The number of fused-ring (bicyclic) bond motifs is 1. The zero-order valence-electron chi connectivity index (χ0n) is 17.5. The highest BCUT2D eigenvalue weighted by atomic mass is 35.5. The van der Waals surface area contributed by atoms with Crippen molar-refractivity contribution in [3.05, 3.63) is 83.2 Å². The Balaban J connectivity index is 1.39. The molecule has 31 heavy (non-hydrogen) atoms. The Bertz CT molecular complexity index is 1100. The third-order valence-corrected chi connectivity index (χ3v) is 5.47. The number of nitrogens with zero attached hydrogens (tertiary/aromatic N) is 2. The van der Waals surface area contributed by atoms with Crippen LogP contribution in [-0.2, 0) is 11.2 Å². The number of carbonyl (C=O) groups excluding carboxylic acids is 1. The second-order valence-electron chi connectivity index (χ2n) is 7.70. The van der Waals surface area contributed by atoms with Gasteiger partial charge in [-0.1, -0.05) is 29.8 Å². The molecule has 0 fully saturated rings. The molecular formula is C25H24ClN3O2. The molecule has 158 valence electrons. The number of halogens is 1. The molecule has 0 radical (unpaired) electrons. The molecule has 3 aromatic rings. The van der Waals surface area contributed by atoms with Crippen LogP contribution in [0.25, 0.3) is 17.2 Å². The van der Waals surface area contributed by atoms with Gasteiger partial charge in [0.1, 0.15) is 11.9 Å². The van der Waals surface area contributed by atoms with Crippen molar-refractivity contribution < 1.29 is 9.53 Å². The molecule has 1 aromatic heterocycles. The number of benzene rings is 2.